The Labute approximate surface area is 136 Å². The summed E-state index contributed by atoms with van der Waals surface area (Å²) in [5.41, 5.74) is 3.91. The number of rotatable bonds is 2. The van der Waals surface area contributed by atoms with Gasteiger partial charge in [0.15, 0.2) is 0 Å². The number of amides is 1. The van der Waals surface area contributed by atoms with Gasteiger partial charge in [0.1, 0.15) is 5.82 Å². The molecule has 0 fully saturated rings. The molecule has 0 saturated heterocycles. The van der Waals surface area contributed by atoms with Crippen LogP contribution in [0.4, 0.5) is 10.1 Å². The Kier molecular flexibility index (Phi) is 4.28. The fourth-order valence-electron chi connectivity index (χ4n) is 2.98. The van der Waals surface area contributed by atoms with E-state index in [-0.39, 0.29) is 17.8 Å². The van der Waals surface area contributed by atoms with Crippen LogP contribution in [-0.2, 0) is 11.2 Å². The zero-order chi connectivity index (χ0) is 16.4. The number of benzene rings is 2. The second-order valence-corrected chi connectivity index (χ2v) is 6.11. The van der Waals surface area contributed by atoms with E-state index < -0.39 is 0 Å². The second kappa shape index (κ2) is 6.37. The minimum atomic E-state index is -0.249. The molecule has 2 aromatic rings. The van der Waals surface area contributed by atoms with Gasteiger partial charge in [0, 0.05) is 17.8 Å². The van der Waals surface area contributed by atoms with Gasteiger partial charge in [-0.2, -0.15) is 0 Å². The molecule has 2 nitrogen and oxygen atoms in total. The molecule has 0 aliphatic carbocycles. The van der Waals surface area contributed by atoms with Crippen molar-refractivity contribution in [3.05, 3.63) is 71.0 Å². The maximum atomic E-state index is 13.4. The van der Waals surface area contributed by atoms with Crippen molar-refractivity contribution >= 4 is 17.7 Å². The maximum absolute atomic E-state index is 13.4. The molecule has 0 bridgehead atoms. The number of fused-ring (bicyclic) bond motifs is 1. The van der Waals surface area contributed by atoms with E-state index in [0.29, 0.717) is 0 Å². The number of halogens is 1. The van der Waals surface area contributed by atoms with Crippen molar-refractivity contribution in [2.45, 2.75) is 32.7 Å². The molecule has 1 aliphatic heterocycles. The highest BCUT2D eigenvalue weighted by molar-refractivity contribution is 6.05. The van der Waals surface area contributed by atoms with E-state index in [1.165, 1.54) is 17.7 Å². The van der Waals surface area contributed by atoms with Crippen LogP contribution >= 0.6 is 0 Å². The lowest BCUT2D eigenvalue weighted by Crippen LogP contribution is -2.41. The average molecular weight is 309 g/mol. The summed E-state index contributed by atoms with van der Waals surface area (Å²) in [6.07, 6.45) is 5.08. The molecular formula is C20H20FNO. The average Bonchev–Trinajstić information content (AvgIpc) is 2.54. The standard InChI is InChI=1S/C20H20FNO/c1-14-3-6-16(7-4-14)8-12-20(23)22-15(2)5-9-17-13-18(21)10-11-19(17)22/h3-4,6-8,10-13,15H,5,9H2,1-2H3/b12-8+. The highest BCUT2D eigenvalue weighted by atomic mass is 19.1. The van der Waals surface area contributed by atoms with Crippen molar-refractivity contribution in [2.24, 2.45) is 0 Å². The molecule has 0 aromatic heterocycles. The summed E-state index contributed by atoms with van der Waals surface area (Å²) in [5, 5.41) is 0. The van der Waals surface area contributed by atoms with E-state index in [9.17, 15) is 9.18 Å². The van der Waals surface area contributed by atoms with Crippen LogP contribution in [0.15, 0.2) is 48.5 Å². The Morgan fingerprint density at radius 2 is 1.96 bits per heavy atom. The van der Waals surface area contributed by atoms with E-state index in [2.05, 4.69) is 0 Å². The van der Waals surface area contributed by atoms with Gasteiger partial charge in [0.2, 0.25) is 0 Å². The lowest BCUT2D eigenvalue weighted by Gasteiger charge is -2.34. The number of carbonyl (C=O) groups is 1. The molecule has 1 aliphatic rings. The number of nitrogens with zero attached hydrogens (tertiary/aromatic N) is 1. The predicted molar refractivity (Wildman–Crippen MR) is 91.9 cm³/mol. The van der Waals surface area contributed by atoms with Gasteiger partial charge < -0.3 is 4.90 Å². The summed E-state index contributed by atoms with van der Waals surface area (Å²) < 4.78 is 13.4. The molecule has 3 heteroatoms. The van der Waals surface area contributed by atoms with Crippen LogP contribution in [0.1, 0.15) is 30.0 Å². The number of hydrogen-bond donors (Lipinski definition) is 0. The third kappa shape index (κ3) is 3.34. The van der Waals surface area contributed by atoms with Crippen LogP contribution in [-0.4, -0.2) is 11.9 Å². The van der Waals surface area contributed by atoms with Crippen LogP contribution in [0.2, 0.25) is 0 Å². The first-order valence-electron chi connectivity index (χ1n) is 7.91. The molecule has 1 unspecified atom stereocenters. The first-order chi connectivity index (χ1) is 11.0. The Hall–Kier alpha value is -2.42. The fraction of sp³-hybridized carbons (Fsp3) is 0.250. The lowest BCUT2D eigenvalue weighted by molar-refractivity contribution is -0.114. The number of anilines is 1. The van der Waals surface area contributed by atoms with E-state index in [4.69, 9.17) is 0 Å². The summed E-state index contributed by atoms with van der Waals surface area (Å²) in [6, 6.07) is 12.8. The van der Waals surface area contributed by atoms with E-state index in [1.807, 2.05) is 44.2 Å². The lowest BCUT2D eigenvalue weighted by atomic mass is 9.96. The normalized spacial score (nSPS) is 17.3. The zero-order valence-corrected chi connectivity index (χ0v) is 13.4. The van der Waals surface area contributed by atoms with Crippen LogP contribution in [0, 0.1) is 12.7 Å². The Bertz CT molecular complexity index is 749. The molecule has 23 heavy (non-hydrogen) atoms. The van der Waals surface area contributed by atoms with Gasteiger partial charge in [-0.1, -0.05) is 29.8 Å². The van der Waals surface area contributed by atoms with Crippen molar-refractivity contribution < 1.29 is 9.18 Å². The van der Waals surface area contributed by atoms with E-state index in [0.717, 1.165) is 29.7 Å². The van der Waals surface area contributed by atoms with Crippen LogP contribution in [0.25, 0.3) is 6.08 Å². The summed E-state index contributed by atoms with van der Waals surface area (Å²) in [7, 11) is 0. The quantitative estimate of drug-likeness (QED) is 0.747. The maximum Gasteiger partial charge on any atom is 0.251 e. The summed E-state index contributed by atoms with van der Waals surface area (Å²) in [6.45, 7) is 4.06. The minimum Gasteiger partial charge on any atom is -0.306 e. The van der Waals surface area contributed by atoms with Crippen LogP contribution < -0.4 is 4.90 Å². The largest absolute Gasteiger partial charge is 0.306 e. The third-order valence-corrected chi connectivity index (χ3v) is 4.31. The molecule has 1 amide bonds. The van der Waals surface area contributed by atoms with Gasteiger partial charge in [-0.3, -0.25) is 4.79 Å². The van der Waals surface area contributed by atoms with Crippen molar-refractivity contribution in [1.82, 2.24) is 0 Å². The molecular weight excluding hydrogens is 289 g/mol. The number of aryl methyl sites for hydroxylation is 2. The summed E-state index contributed by atoms with van der Waals surface area (Å²) in [4.78, 5) is 14.4. The van der Waals surface area contributed by atoms with Gasteiger partial charge in [-0.25, -0.2) is 4.39 Å². The molecule has 1 heterocycles. The molecule has 0 spiro atoms. The SMILES string of the molecule is Cc1ccc(/C=C/C(=O)N2c3ccc(F)cc3CCC2C)cc1. The Morgan fingerprint density at radius 3 is 2.70 bits per heavy atom. The van der Waals surface area contributed by atoms with Gasteiger partial charge >= 0.3 is 0 Å². The zero-order valence-electron chi connectivity index (χ0n) is 13.4. The highest BCUT2D eigenvalue weighted by Crippen LogP contribution is 2.31. The third-order valence-electron chi connectivity index (χ3n) is 4.31. The van der Waals surface area contributed by atoms with Crippen LogP contribution in [0.5, 0.6) is 0 Å². The fourth-order valence-corrected chi connectivity index (χ4v) is 2.98. The smallest absolute Gasteiger partial charge is 0.251 e. The first kappa shape index (κ1) is 15.5. The van der Waals surface area contributed by atoms with Gasteiger partial charge in [-0.05, 0) is 62.1 Å². The predicted octanol–water partition coefficient (Wildman–Crippen LogP) is 4.52. The minimum absolute atomic E-state index is 0.0642. The van der Waals surface area contributed by atoms with Crippen molar-refractivity contribution in [2.75, 3.05) is 4.90 Å². The highest BCUT2D eigenvalue weighted by Gasteiger charge is 2.27. The van der Waals surface area contributed by atoms with Gasteiger partial charge in [-0.15, -0.1) is 0 Å². The topological polar surface area (TPSA) is 20.3 Å². The molecule has 2 aromatic carbocycles. The monoisotopic (exact) mass is 309 g/mol. The summed E-state index contributed by atoms with van der Waals surface area (Å²) in [5.74, 6) is -0.313. The first-order valence-corrected chi connectivity index (χ1v) is 7.91. The Morgan fingerprint density at radius 1 is 1.22 bits per heavy atom. The molecule has 1 atom stereocenters. The Balaban J connectivity index is 1.85. The van der Waals surface area contributed by atoms with E-state index in [1.54, 1.807) is 17.0 Å². The molecule has 0 N–H and O–H groups in total. The number of carbonyl (C=O) groups excluding carboxylic acids is 1. The van der Waals surface area contributed by atoms with Gasteiger partial charge in [0.25, 0.3) is 5.91 Å². The summed E-state index contributed by atoms with van der Waals surface area (Å²) >= 11 is 0. The van der Waals surface area contributed by atoms with Crippen molar-refractivity contribution in [3.63, 3.8) is 0 Å². The molecule has 0 saturated carbocycles. The number of hydrogen-bond acceptors (Lipinski definition) is 1. The van der Waals surface area contributed by atoms with Crippen LogP contribution in [0.3, 0.4) is 0 Å². The molecule has 0 radical (unpaired) electrons. The van der Waals surface area contributed by atoms with Crippen molar-refractivity contribution in [3.8, 4) is 0 Å². The van der Waals surface area contributed by atoms with Crippen molar-refractivity contribution in [1.29, 1.82) is 0 Å². The molecule has 118 valence electrons. The molecule has 3 rings (SSSR count). The van der Waals surface area contributed by atoms with E-state index >= 15 is 0 Å². The second-order valence-electron chi connectivity index (χ2n) is 6.11. The van der Waals surface area contributed by atoms with Gasteiger partial charge in [0.05, 0.1) is 0 Å².